The van der Waals surface area contributed by atoms with Crippen LogP contribution in [0.3, 0.4) is 0 Å². The highest BCUT2D eigenvalue weighted by Gasteiger charge is 2.20. The molecule has 266 valence electrons. The average molecular weight is 762 g/mol. The Morgan fingerprint density at radius 1 is 0.368 bits per heavy atom. The molecule has 5 heteroatoms. The van der Waals surface area contributed by atoms with Gasteiger partial charge in [-0.15, -0.1) is 22.7 Å². The molecule has 0 aliphatic rings. The molecule has 0 fully saturated rings. The maximum atomic E-state index is 5.41. The van der Waals surface area contributed by atoms with E-state index >= 15 is 0 Å². The van der Waals surface area contributed by atoms with Crippen LogP contribution in [0.15, 0.2) is 188 Å². The molecular weight excluding hydrogens is 731 g/mol. The van der Waals surface area contributed by atoms with E-state index in [9.17, 15) is 0 Å². The van der Waals surface area contributed by atoms with E-state index in [1.165, 1.54) is 73.3 Å². The minimum absolute atomic E-state index is 0.731. The van der Waals surface area contributed by atoms with Crippen LogP contribution in [-0.4, -0.2) is 14.5 Å². The van der Waals surface area contributed by atoms with Crippen LogP contribution in [0.1, 0.15) is 0 Å². The van der Waals surface area contributed by atoms with E-state index < -0.39 is 0 Å². The third kappa shape index (κ3) is 5.10. The summed E-state index contributed by atoms with van der Waals surface area (Å²) in [5, 5.41) is 7.47. The van der Waals surface area contributed by atoms with Crippen molar-refractivity contribution in [2.75, 3.05) is 0 Å². The van der Waals surface area contributed by atoms with Gasteiger partial charge in [0.05, 0.1) is 22.4 Å². The zero-order valence-electron chi connectivity index (χ0n) is 30.6. The first-order chi connectivity index (χ1) is 28.3. The number of hydrogen-bond donors (Lipinski definition) is 0. The molecule has 0 aliphatic carbocycles. The van der Waals surface area contributed by atoms with Gasteiger partial charge in [0.15, 0.2) is 5.82 Å². The molecule has 8 aromatic carbocycles. The smallest absolute Gasteiger partial charge is 0.161 e. The number of aromatic nitrogens is 3. The van der Waals surface area contributed by atoms with Crippen LogP contribution in [0, 0.1) is 0 Å². The Morgan fingerprint density at radius 2 is 1.02 bits per heavy atom. The van der Waals surface area contributed by atoms with Crippen LogP contribution < -0.4 is 0 Å². The summed E-state index contributed by atoms with van der Waals surface area (Å²) >= 11 is 3.66. The normalized spacial score (nSPS) is 11.9. The second kappa shape index (κ2) is 12.8. The van der Waals surface area contributed by atoms with Crippen LogP contribution >= 0.6 is 22.7 Å². The Kier molecular flexibility index (Phi) is 7.27. The molecule has 0 saturated heterocycles. The first-order valence-corrected chi connectivity index (χ1v) is 20.8. The van der Waals surface area contributed by atoms with Crippen LogP contribution in [-0.2, 0) is 0 Å². The maximum absolute atomic E-state index is 5.41. The van der Waals surface area contributed by atoms with Gasteiger partial charge in [0.25, 0.3) is 0 Å². The number of benzene rings is 8. The van der Waals surface area contributed by atoms with Gasteiger partial charge in [0.2, 0.25) is 0 Å². The van der Waals surface area contributed by atoms with Crippen molar-refractivity contribution >= 4 is 84.8 Å². The Bertz CT molecular complexity index is 3520. The standard InChI is InChI=1S/C52H31N3S2/c1-3-14-32(15-4-1)35-20-12-25-45-49(35)39-19-7-9-24-44(39)55(45)34-28-29-40-48(30-34)56-47-27-13-23-41(50(40)47)52-53-42(33-16-5-2-6-17-33)31-43(54-52)38-22-11-21-37-36-18-8-10-26-46(36)57-51(37)38/h1-31H. The summed E-state index contributed by atoms with van der Waals surface area (Å²) in [4.78, 5) is 10.7. The van der Waals surface area contributed by atoms with Crippen molar-refractivity contribution in [2.45, 2.75) is 0 Å². The van der Waals surface area contributed by atoms with Crippen LogP contribution in [0.25, 0.3) is 113 Å². The number of nitrogens with zero attached hydrogens (tertiary/aromatic N) is 3. The fraction of sp³-hybridized carbons (Fsp3) is 0. The molecule has 12 aromatic rings. The third-order valence-electron chi connectivity index (χ3n) is 11.2. The quantitative estimate of drug-likeness (QED) is 0.175. The lowest BCUT2D eigenvalue weighted by atomic mass is 9.99. The first kappa shape index (κ1) is 32.3. The molecule has 0 atom stereocenters. The Hall–Kier alpha value is -6.92. The molecule has 0 unspecified atom stereocenters. The van der Waals surface area contributed by atoms with E-state index in [0.29, 0.717) is 0 Å². The highest BCUT2D eigenvalue weighted by molar-refractivity contribution is 7.26. The number of para-hydroxylation sites is 1. The summed E-state index contributed by atoms with van der Waals surface area (Å²) in [5.41, 5.74) is 11.1. The van der Waals surface area contributed by atoms with Gasteiger partial charge in [-0.1, -0.05) is 146 Å². The van der Waals surface area contributed by atoms with Gasteiger partial charge < -0.3 is 4.57 Å². The van der Waals surface area contributed by atoms with E-state index in [1.54, 1.807) is 0 Å². The van der Waals surface area contributed by atoms with Gasteiger partial charge in [-0.3, -0.25) is 0 Å². The zero-order valence-corrected chi connectivity index (χ0v) is 32.2. The second-order valence-corrected chi connectivity index (χ2v) is 16.6. The molecule has 57 heavy (non-hydrogen) atoms. The lowest BCUT2D eigenvalue weighted by molar-refractivity contribution is 1.19. The minimum Gasteiger partial charge on any atom is -0.309 e. The van der Waals surface area contributed by atoms with Crippen molar-refractivity contribution in [1.82, 2.24) is 14.5 Å². The topological polar surface area (TPSA) is 30.7 Å². The number of hydrogen-bond acceptors (Lipinski definition) is 4. The fourth-order valence-electron chi connectivity index (χ4n) is 8.71. The summed E-state index contributed by atoms with van der Waals surface area (Å²) in [6.07, 6.45) is 0. The predicted octanol–water partition coefficient (Wildman–Crippen LogP) is 15.0. The lowest BCUT2D eigenvalue weighted by Crippen LogP contribution is -1.96. The van der Waals surface area contributed by atoms with E-state index in [0.717, 1.165) is 39.6 Å². The fourth-order valence-corrected chi connectivity index (χ4v) is 11.1. The van der Waals surface area contributed by atoms with Crippen molar-refractivity contribution in [3.63, 3.8) is 0 Å². The molecule has 0 aliphatic heterocycles. The molecule has 3 nitrogen and oxygen atoms in total. The zero-order chi connectivity index (χ0) is 37.5. The second-order valence-electron chi connectivity index (χ2n) is 14.5. The van der Waals surface area contributed by atoms with Crippen molar-refractivity contribution in [1.29, 1.82) is 0 Å². The van der Waals surface area contributed by atoms with Crippen LogP contribution in [0.2, 0.25) is 0 Å². The van der Waals surface area contributed by atoms with Gasteiger partial charge in [0.1, 0.15) is 0 Å². The Morgan fingerprint density at radius 3 is 1.89 bits per heavy atom. The van der Waals surface area contributed by atoms with E-state index in [2.05, 4.69) is 193 Å². The summed E-state index contributed by atoms with van der Waals surface area (Å²) in [6, 6.07) is 67.6. The molecule has 0 bridgehead atoms. The molecule has 4 heterocycles. The molecule has 0 spiro atoms. The molecule has 4 aromatic heterocycles. The summed E-state index contributed by atoms with van der Waals surface area (Å²) < 4.78 is 7.40. The average Bonchev–Trinajstić information content (AvgIpc) is 3.96. The van der Waals surface area contributed by atoms with E-state index in [4.69, 9.17) is 9.97 Å². The van der Waals surface area contributed by atoms with Crippen molar-refractivity contribution in [3.05, 3.63) is 188 Å². The summed E-state index contributed by atoms with van der Waals surface area (Å²) in [5.74, 6) is 0.731. The molecule has 0 amide bonds. The molecular formula is C52H31N3S2. The first-order valence-electron chi connectivity index (χ1n) is 19.2. The monoisotopic (exact) mass is 761 g/mol. The number of fused-ring (bicyclic) bond motifs is 9. The van der Waals surface area contributed by atoms with Crippen molar-refractivity contribution in [3.8, 4) is 50.7 Å². The number of thiophene rings is 2. The molecule has 12 rings (SSSR count). The molecule has 0 saturated carbocycles. The minimum atomic E-state index is 0.731. The highest BCUT2D eigenvalue weighted by atomic mass is 32.1. The Labute approximate surface area is 336 Å². The van der Waals surface area contributed by atoms with E-state index in [1.807, 2.05) is 22.7 Å². The van der Waals surface area contributed by atoms with Gasteiger partial charge in [-0.2, -0.15) is 0 Å². The SMILES string of the molecule is c1ccc(-c2cc(-c3cccc4c3sc3ccccc34)nc(-c3cccc4sc5cc(-n6c7ccccc7c7c(-c8ccccc8)cccc76)ccc5c34)n2)cc1. The lowest BCUT2D eigenvalue weighted by Gasteiger charge is -2.11. The van der Waals surface area contributed by atoms with Gasteiger partial charge >= 0.3 is 0 Å². The predicted molar refractivity (Wildman–Crippen MR) is 244 cm³/mol. The van der Waals surface area contributed by atoms with Gasteiger partial charge in [-0.05, 0) is 53.6 Å². The third-order valence-corrected chi connectivity index (χ3v) is 13.6. The van der Waals surface area contributed by atoms with Gasteiger partial charge in [-0.25, -0.2) is 9.97 Å². The summed E-state index contributed by atoms with van der Waals surface area (Å²) in [7, 11) is 0. The van der Waals surface area contributed by atoms with Crippen molar-refractivity contribution in [2.24, 2.45) is 0 Å². The Balaban J connectivity index is 1.06. The molecule has 0 radical (unpaired) electrons. The molecule has 0 N–H and O–H groups in total. The summed E-state index contributed by atoms with van der Waals surface area (Å²) in [6.45, 7) is 0. The maximum Gasteiger partial charge on any atom is 0.161 e. The van der Waals surface area contributed by atoms with E-state index in [-0.39, 0.29) is 0 Å². The van der Waals surface area contributed by atoms with Crippen molar-refractivity contribution < 1.29 is 0 Å². The highest BCUT2D eigenvalue weighted by Crippen LogP contribution is 2.44. The van der Waals surface area contributed by atoms with Gasteiger partial charge in [0, 0.05) is 73.5 Å². The number of rotatable bonds is 5. The largest absolute Gasteiger partial charge is 0.309 e. The van der Waals surface area contributed by atoms with Crippen LogP contribution in [0.5, 0.6) is 0 Å². The van der Waals surface area contributed by atoms with Crippen LogP contribution in [0.4, 0.5) is 0 Å².